The first-order valence-electron chi connectivity index (χ1n) is 5.07. The van der Waals surface area contributed by atoms with Crippen LogP contribution in [0.4, 0.5) is 0 Å². The van der Waals surface area contributed by atoms with Gasteiger partial charge in [-0.05, 0) is 26.2 Å². The second-order valence-corrected chi connectivity index (χ2v) is 5.90. The van der Waals surface area contributed by atoms with Crippen molar-refractivity contribution < 1.29 is 0 Å². The summed E-state index contributed by atoms with van der Waals surface area (Å²) >= 11 is 7.99. The summed E-state index contributed by atoms with van der Waals surface area (Å²) in [6.07, 6.45) is 2.05. The van der Waals surface area contributed by atoms with Crippen LogP contribution >= 0.6 is 22.9 Å². The highest BCUT2D eigenvalue weighted by molar-refractivity contribution is 7.11. The Balaban J connectivity index is 2.46. The minimum Gasteiger partial charge on any atom is -0.246 e. The average Bonchev–Trinajstić information content (AvgIpc) is 2.42. The molecule has 0 radical (unpaired) electrons. The molecule has 0 spiro atoms. The molecule has 1 heterocycles. The zero-order valence-electron chi connectivity index (χ0n) is 9.30. The molecule has 0 amide bonds. The molecule has 1 rings (SSSR count). The number of aryl methyl sites for hydroxylation is 3. The van der Waals surface area contributed by atoms with Gasteiger partial charge >= 0.3 is 0 Å². The van der Waals surface area contributed by atoms with Crippen molar-refractivity contribution >= 4 is 22.9 Å². The van der Waals surface area contributed by atoms with Crippen LogP contribution in [0.5, 0.6) is 0 Å². The van der Waals surface area contributed by atoms with Crippen LogP contribution in [0.2, 0.25) is 0 Å². The molecule has 0 saturated heterocycles. The molecule has 0 N–H and O–H groups in total. The number of rotatable bonds is 4. The maximum absolute atomic E-state index is 6.19. The van der Waals surface area contributed by atoms with E-state index in [1.54, 1.807) is 11.3 Å². The van der Waals surface area contributed by atoms with Crippen molar-refractivity contribution in [3.8, 4) is 0 Å². The van der Waals surface area contributed by atoms with E-state index in [0.717, 1.165) is 12.8 Å². The predicted octanol–water partition coefficient (Wildman–Crippen LogP) is 3.96. The van der Waals surface area contributed by atoms with Crippen LogP contribution in [-0.2, 0) is 6.42 Å². The minimum atomic E-state index is 0.277. The Morgan fingerprint density at radius 2 is 2.00 bits per heavy atom. The lowest BCUT2D eigenvalue weighted by Gasteiger charge is -2.11. The Kier molecular flexibility index (Phi) is 4.39. The summed E-state index contributed by atoms with van der Waals surface area (Å²) in [5.74, 6) is 0.554. The molecule has 1 nitrogen and oxygen atoms in total. The van der Waals surface area contributed by atoms with E-state index in [4.69, 9.17) is 11.6 Å². The molecule has 1 atom stereocenters. The second-order valence-electron chi connectivity index (χ2n) is 4.05. The summed E-state index contributed by atoms with van der Waals surface area (Å²) in [4.78, 5) is 5.83. The highest BCUT2D eigenvalue weighted by Gasteiger charge is 2.11. The fourth-order valence-corrected chi connectivity index (χ4v) is 2.30. The van der Waals surface area contributed by atoms with Gasteiger partial charge < -0.3 is 0 Å². The van der Waals surface area contributed by atoms with E-state index in [9.17, 15) is 0 Å². The third kappa shape index (κ3) is 3.25. The third-order valence-electron chi connectivity index (χ3n) is 2.43. The van der Waals surface area contributed by atoms with Gasteiger partial charge in [0.05, 0.1) is 10.7 Å². The molecule has 0 bridgehead atoms. The topological polar surface area (TPSA) is 12.9 Å². The van der Waals surface area contributed by atoms with Crippen molar-refractivity contribution in [2.24, 2.45) is 5.92 Å². The normalized spacial score (nSPS) is 13.6. The molecule has 1 aromatic rings. The first-order chi connectivity index (χ1) is 6.50. The molecule has 1 unspecified atom stereocenters. The molecule has 3 heteroatoms. The number of thiazole rings is 1. The highest BCUT2D eigenvalue weighted by atomic mass is 35.5. The molecular weight excluding hydrogens is 214 g/mol. The molecule has 0 aliphatic rings. The van der Waals surface area contributed by atoms with Crippen molar-refractivity contribution in [2.75, 3.05) is 0 Å². The second kappa shape index (κ2) is 5.13. The van der Waals surface area contributed by atoms with Crippen molar-refractivity contribution in [3.05, 3.63) is 15.6 Å². The van der Waals surface area contributed by atoms with Gasteiger partial charge in [0.15, 0.2) is 0 Å². The smallest absolute Gasteiger partial charge is 0.0931 e. The molecule has 0 aliphatic carbocycles. The number of hydrogen-bond donors (Lipinski definition) is 0. The first-order valence-corrected chi connectivity index (χ1v) is 6.33. The fourth-order valence-electron chi connectivity index (χ4n) is 1.24. The van der Waals surface area contributed by atoms with E-state index in [2.05, 4.69) is 32.7 Å². The van der Waals surface area contributed by atoms with Crippen molar-refractivity contribution in [2.45, 2.75) is 45.9 Å². The molecule has 80 valence electrons. The molecule has 1 aromatic heterocycles. The third-order valence-corrected chi connectivity index (χ3v) is 4.28. The van der Waals surface area contributed by atoms with Crippen LogP contribution in [0.25, 0.3) is 0 Å². The van der Waals surface area contributed by atoms with Crippen LogP contribution in [0.1, 0.15) is 35.8 Å². The van der Waals surface area contributed by atoms with Crippen LogP contribution in [0.3, 0.4) is 0 Å². The van der Waals surface area contributed by atoms with Gasteiger partial charge in [-0.15, -0.1) is 22.9 Å². The summed E-state index contributed by atoms with van der Waals surface area (Å²) < 4.78 is 0. The van der Waals surface area contributed by atoms with Crippen LogP contribution in [-0.4, -0.2) is 10.4 Å². The number of halogens is 1. The maximum Gasteiger partial charge on any atom is 0.0931 e. The lowest BCUT2D eigenvalue weighted by atomic mass is 10.1. The Hall–Kier alpha value is -0.0800. The molecule has 0 saturated carbocycles. The highest BCUT2D eigenvalue weighted by Crippen LogP contribution is 2.21. The Bertz CT molecular complexity index is 274. The SMILES string of the molecule is Cc1nc(CCC(Cl)C(C)C)sc1C. The standard InChI is InChI=1S/C11H18ClNS/c1-7(2)10(12)5-6-11-13-8(3)9(4)14-11/h7,10H,5-6H2,1-4H3. The van der Waals surface area contributed by atoms with E-state index in [1.165, 1.54) is 15.6 Å². The number of nitrogens with zero attached hydrogens (tertiary/aromatic N) is 1. The largest absolute Gasteiger partial charge is 0.246 e. The molecule has 0 aromatic carbocycles. The van der Waals surface area contributed by atoms with E-state index in [-0.39, 0.29) is 5.38 Å². The quantitative estimate of drug-likeness (QED) is 0.715. The van der Waals surface area contributed by atoms with Crippen LogP contribution in [0.15, 0.2) is 0 Å². The summed E-state index contributed by atoms with van der Waals surface area (Å²) in [6, 6.07) is 0. The van der Waals surface area contributed by atoms with Gasteiger partial charge in [-0.25, -0.2) is 4.98 Å². The summed E-state index contributed by atoms with van der Waals surface area (Å²) in [5.41, 5.74) is 1.17. The van der Waals surface area contributed by atoms with Crippen LogP contribution < -0.4 is 0 Å². The van der Waals surface area contributed by atoms with Gasteiger partial charge in [-0.3, -0.25) is 0 Å². The minimum absolute atomic E-state index is 0.277. The van der Waals surface area contributed by atoms with E-state index < -0.39 is 0 Å². The van der Waals surface area contributed by atoms with Crippen molar-refractivity contribution in [1.29, 1.82) is 0 Å². The summed E-state index contributed by atoms with van der Waals surface area (Å²) in [5, 5.41) is 1.51. The van der Waals surface area contributed by atoms with Gasteiger partial charge in [0.1, 0.15) is 0 Å². The van der Waals surface area contributed by atoms with Gasteiger partial charge in [-0.1, -0.05) is 13.8 Å². The fraction of sp³-hybridized carbons (Fsp3) is 0.727. The van der Waals surface area contributed by atoms with Crippen LogP contribution in [0, 0.1) is 19.8 Å². The van der Waals surface area contributed by atoms with E-state index in [1.807, 2.05) is 0 Å². The summed E-state index contributed by atoms with van der Waals surface area (Å²) in [6.45, 7) is 8.51. The Morgan fingerprint density at radius 1 is 1.36 bits per heavy atom. The molecule has 0 fully saturated rings. The van der Waals surface area contributed by atoms with Gasteiger partial charge in [-0.2, -0.15) is 0 Å². The number of hydrogen-bond acceptors (Lipinski definition) is 2. The zero-order valence-corrected chi connectivity index (χ0v) is 10.9. The van der Waals surface area contributed by atoms with Crippen molar-refractivity contribution in [3.63, 3.8) is 0 Å². The maximum atomic E-state index is 6.19. The average molecular weight is 232 g/mol. The molecular formula is C11H18ClNS. The lowest BCUT2D eigenvalue weighted by molar-refractivity contribution is 0.564. The summed E-state index contributed by atoms with van der Waals surface area (Å²) in [7, 11) is 0. The lowest BCUT2D eigenvalue weighted by Crippen LogP contribution is -2.08. The molecule has 0 aliphatic heterocycles. The Morgan fingerprint density at radius 3 is 2.43 bits per heavy atom. The predicted molar refractivity (Wildman–Crippen MR) is 64.4 cm³/mol. The van der Waals surface area contributed by atoms with E-state index in [0.29, 0.717) is 5.92 Å². The monoisotopic (exact) mass is 231 g/mol. The number of alkyl halides is 1. The van der Waals surface area contributed by atoms with Gasteiger partial charge in [0.2, 0.25) is 0 Å². The van der Waals surface area contributed by atoms with Gasteiger partial charge in [0.25, 0.3) is 0 Å². The Labute approximate surface area is 95.5 Å². The first kappa shape index (κ1) is 12.0. The zero-order chi connectivity index (χ0) is 10.7. The number of aromatic nitrogens is 1. The van der Waals surface area contributed by atoms with E-state index >= 15 is 0 Å². The van der Waals surface area contributed by atoms with Crippen molar-refractivity contribution in [1.82, 2.24) is 4.98 Å². The van der Waals surface area contributed by atoms with Gasteiger partial charge in [0, 0.05) is 16.7 Å². The molecule has 14 heavy (non-hydrogen) atoms.